The molecule has 0 saturated carbocycles. The highest BCUT2D eigenvalue weighted by Crippen LogP contribution is 2.26. The van der Waals surface area contributed by atoms with E-state index in [1.165, 1.54) is 0 Å². The van der Waals surface area contributed by atoms with E-state index in [0.29, 0.717) is 6.61 Å². The molecule has 0 atom stereocenters. The van der Waals surface area contributed by atoms with Gasteiger partial charge in [0, 0.05) is 16.1 Å². The van der Waals surface area contributed by atoms with E-state index in [4.69, 9.17) is 10.6 Å². The van der Waals surface area contributed by atoms with Gasteiger partial charge in [-0.25, -0.2) is 4.98 Å². The molecule has 0 saturated heterocycles. The number of benzene rings is 1. The van der Waals surface area contributed by atoms with E-state index < -0.39 is 0 Å². The van der Waals surface area contributed by atoms with Crippen molar-refractivity contribution < 1.29 is 4.74 Å². The van der Waals surface area contributed by atoms with Crippen molar-refractivity contribution in [2.24, 2.45) is 5.84 Å². The number of nitrogen functional groups attached to an aromatic ring is 1. The molecule has 84 valence electrons. The summed E-state index contributed by atoms with van der Waals surface area (Å²) in [5.74, 6) is 5.51. The number of fused-ring (bicyclic) bond motifs is 1. The van der Waals surface area contributed by atoms with Crippen LogP contribution in [0.1, 0.15) is 5.69 Å². The largest absolute Gasteiger partial charge is 0.378 e. The van der Waals surface area contributed by atoms with Gasteiger partial charge < -0.3 is 10.2 Å². The van der Waals surface area contributed by atoms with Gasteiger partial charge in [-0.05, 0) is 34.7 Å². The van der Waals surface area contributed by atoms with Crippen LogP contribution in [-0.4, -0.2) is 12.1 Å². The van der Waals surface area contributed by atoms with E-state index in [9.17, 15) is 0 Å². The fourth-order valence-electron chi connectivity index (χ4n) is 1.61. The molecular weight excluding hydrogens is 317 g/mol. The molecule has 0 fully saturated rings. The van der Waals surface area contributed by atoms with Crippen LogP contribution in [0.2, 0.25) is 0 Å². The molecule has 2 rings (SSSR count). The van der Waals surface area contributed by atoms with Gasteiger partial charge >= 0.3 is 0 Å². The maximum absolute atomic E-state index is 5.51. The van der Waals surface area contributed by atoms with E-state index in [1.54, 1.807) is 7.11 Å². The van der Waals surface area contributed by atoms with Gasteiger partial charge in [0.1, 0.15) is 0 Å². The summed E-state index contributed by atoms with van der Waals surface area (Å²) in [4.78, 5) is 4.55. The summed E-state index contributed by atoms with van der Waals surface area (Å²) in [7, 11) is 1.65. The van der Waals surface area contributed by atoms with Crippen molar-refractivity contribution in [3.63, 3.8) is 0 Å². The number of methoxy groups -OCH3 is 1. The number of pyridine rings is 1. The average Bonchev–Trinajstić information content (AvgIpc) is 2.30. The number of nitrogens with one attached hydrogen (secondary N) is 1. The van der Waals surface area contributed by atoms with Crippen LogP contribution in [-0.2, 0) is 11.3 Å². The smallest absolute Gasteiger partial charge is 0.0885 e. The topological polar surface area (TPSA) is 60.2 Å². The summed E-state index contributed by atoms with van der Waals surface area (Å²) in [6, 6.07) is 7.91. The fraction of sp³-hybridized carbons (Fsp3) is 0.182. The van der Waals surface area contributed by atoms with E-state index >= 15 is 0 Å². The fourth-order valence-corrected chi connectivity index (χ4v) is 2.23. The Hall–Kier alpha value is -0.920. The zero-order valence-electron chi connectivity index (χ0n) is 8.83. The number of rotatable bonds is 3. The van der Waals surface area contributed by atoms with Crippen molar-refractivity contribution >= 4 is 39.2 Å². The summed E-state index contributed by atoms with van der Waals surface area (Å²) in [6.45, 7) is 0.482. The van der Waals surface area contributed by atoms with E-state index in [0.717, 1.165) is 25.9 Å². The number of hydrazine groups is 1. The third kappa shape index (κ3) is 2.11. The van der Waals surface area contributed by atoms with Crippen LogP contribution in [0, 0.1) is 3.57 Å². The molecule has 1 aromatic carbocycles. The predicted octanol–water partition coefficient (Wildman–Crippen LogP) is 2.27. The van der Waals surface area contributed by atoms with E-state index in [-0.39, 0.29) is 0 Å². The minimum atomic E-state index is 0.482. The Morgan fingerprint density at radius 3 is 3.00 bits per heavy atom. The Labute approximate surface area is 107 Å². The number of anilines is 1. The van der Waals surface area contributed by atoms with Crippen molar-refractivity contribution in [1.82, 2.24) is 4.98 Å². The van der Waals surface area contributed by atoms with Crippen LogP contribution in [0.5, 0.6) is 0 Å². The van der Waals surface area contributed by atoms with Gasteiger partial charge in [-0.1, -0.05) is 12.1 Å². The monoisotopic (exact) mass is 329 g/mol. The number of hydrogen-bond acceptors (Lipinski definition) is 4. The first-order valence-corrected chi connectivity index (χ1v) is 5.88. The molecule has 16 heavy (non-hydrogen) atoms. The van der Waals surface area contributed by atoms with Gasteiger partial charge in [0.25, 0.3) is 0 Å². The molecule has 5 heteroatoms. The summed E-state index contributed by atoms with van der Waals surface area (Å²) in [5.41, 5.74) is 5.39. The quantitative estimate of drug-likeness (QED) is 0.515. The third-order valence-corrected chi connectivity index (χ3v) is 3.16. The number of nitrogens with zero attached hydrogens (tertiary/aromatic N) is 1. The lowest BCUT2D eigenvalue weighted by atomic mass is 10.1. The van der Waals surface area contributed by atoms with Gasteiger partial charge in [0.2, 0.25) is 0 Å². The second-order valence-corrected chi connectivity index (χ2v) is 4.54. The lowest BCUT2D eigenvalue weighted by molar-refractivity contribution is 0.182. The van der Waals surface area contributed by atoms with E-state index in [2.05, 4.69) is 33.0 Å². The lowest BCUT2D eigenvalue weighted by Gasteiger charge is -2.09. The van der Waals surface area contributed by atoms with Crippen molar-refractivity contribution in [2.45, 2.75) is 6.61 Å². The number of para-hydroxylation sites is 1. The lowest BCUT2D eigenvalue weighted by Crippen LogP contribution is -2.09. The Morgan fingerprint density at radius 1 is 1.50 bits per heavy atom. The molecule has 0 unspecified atom stereocenters. The molecule has 4 nitrogen and oxygen atoms in total. The van der Waals surface area contributed by atoms with Crippen LogP contribution in [0.3, 0.4) is 0 Å². The highest BCUT2D eigenvalue weighted by Gasteiger charge is 2.07. The maximum atomic E-state index is 5.51. The number of ether oxygens (including phenoxy) is 1. The van der Waals surface area contributed by atoms with Gasteiger partial charge in [0.15, 0.2) is 0 Å². The first-order valence-electron chi connectivity index (χ1n) is 4.80. The Balaban J connectivity index is 2.69. The number of hydrogen-bond donors (Lipinski definition) is 2. The van der Waals surface area contributed by atoms with Crippen molar-refractivity contribution in [3.05, 3.63) is 33.5 Å². The molecule has 0 spiro atoms. The Kier molecular flexibility index (Phi) is 3.57. The summed E-state index contributed by atoms with van der Waals surface area (Å²) >= 11 is 2.26. The maximum Gasteiger partial charge on any atom is 0.0885 e. The summed E-state index contributed by atoms with van der Waals surface area (Å²) in [6.07, 6.45) is 0. The first-order chi connectivity index (χ1) is 7.76. The molecule has 0 aliphatic rings. The molecule has 0 aliphatic carbocycles. The summed E-state index contributed by atoms with van der Waals surface area (Å²) in [5, 5.41) is 1.02. The highest BCUT2D eigenvalue weighted by atomic mass is 127. The molecule has 0 aliphatic heterocycles. The average molecular weight is 329 g/mol. The number of nitrogens with two attached hydrogens (primary N) is 1. The molecule has 0 radical (unpaired) electrons. The zero-order chi connectivity index (χ0) is 11.5. The Bertz CT molecular complexity index is 516. The van der Waals surface area contributed by atoms with Gasteiger partial charge in [-0.3, -0.25) is 5.84 Å². The second-order valence-electron chi connectivity index (χ2n) is 3.37. The van der Waals surface area contributed by atoms with E-state index in [1.807, 2.05) is 24.3 Å². The third-order valence-electron chi connectivity index (χ3n) is 2.29. The minimum absolute atomic E-state index is 0.482. The molecule has 0 amide bonds. The minimum Gasteiger partial charge on any atom is -0.378 e. The normalized spacial score (nSPS) is 10.7. The second kappa shape index (κ2) is 4.94. The molecular formula is C11H12IN3O. The van der Waals surface area contributed by atoms with Gasteiger partial charge in [-0.15, -0.1) is 0 Å². The van der Waals surface area contributed by atoms with Gasteiger partial charge in [0.05, 0.1) is 23.5 Å². The van der Waals surface area contributed by atoms with Gasteiger partial charge in [-0.2, -0.15) is 0 Å². The van der Waals surface area contributed by atoms with Crippen molar-refractivity contribution in [3.8, 4) is 0 Å². The SMILES string of the molecule is COCc1cc(NN)c2cccc(I)c2n1. The van der Waals surface area contributed by atoms with Crippen LogP contribution >= 0.6 is 22.6 Å². The zero-order valence-corrected chi connectivity index (χ0v) is 11.0. The number of aromatic nitrogens is 1. The van der Waals surface area contributed by atoms with Crippen LogP contribution in [0.4, 0.5) is 5.69 Å². The van der Waals surface area contributed by atoms with Crippen LogP contribution in [0.15, 0.2) is 24.3 Å². The highest BCUT2D eigenvalue weighted by molar-refractivity contribution is 14.1. The number of halogens is 1. The standard InChI is InChI=1S/C11H12IN3O/c1-16-6-7-5-10(15-13)8-3-2-4-9(12)11(8)14-7/h2-5H,6,13H2,1H3,(H,14,15). The molecule has 2 aromatic rings. The van der Waals surface area contributed by atoms with Crippen LogP contribution < -0.4 is 11.3 Å². The van der Waals surface area contributed by atoms with Crippen molar-refractivity contribution in [2.75, 3.05) is 12.5 Å². The molecule has 3 N–H and O–H groups in total. The Morgan fingerprint density at radius 2 is 2.31 bits per heavy atom. The van der Waals surface area contributed by atoms with Crippen LogP contribution in [0.25, 0.3) is 10.9 Å². The molecule has 1 heterocycles. The predicted molar refractivity (Wildman–Crippen MR) is 73.0 cm³/mol. The molecule has 0 bridgehead atoms. The first kappa shape index (κ1) is 11.6. The molecule has 1 aromatic heterocycles. The summed E-state index contributed by atoms with van der Waals surface area (Å²) < 4.78 is 6.18. The van der Waals surface area contributed by atoms with Crippen molar-refractivity contribution in [1.29, 1.82) is 0 Å².